The van der Waals surface area contributed by atoms with Gasteiger partial charge in [-0.05, 0) is 11.8 Å². The third-order valence-corrected chi connectivity index (χ3v) is 1.30. The highest BCUT2D eigenvalue weighted by Gasteiger charge is 2.10. The zero-order valence-electron chi connectivity index (χ0n) is 9.70. The summed E-state index contributed by atoms with van der Waals surface area (Å²) in [5.41, 5.74) is 0. The van der Waals surface area contributed by atoms with Gasteiger partial charge in [-0.15, -0.1) is 0 Å². The van der Waals surface area contributed by atoms with Gasteiger partial charge in [-0.25, -0.2) is 14.9 Å². The summed E-state index contributed by atoms with van der Waals surface area (Å²) in [6, 6.07) is 0. The average Bonchev–Trinajstić information content (AvgIpc) is 2.11. The Balaban J connectivity index is 3.63. The van der Waals surface area contributed by atoms with Gasteiger partial charge in [-0.3, -0.25) is 0 Å². The maximum absolute atomic E-state index is 11.0. The molecule has 0 aromatic heterocycles. The molecule has 15 heavy (non-hydrogen) atoms. The molecule has 0 radical (unpaired) electrons. The maximum atomic E-state index is 11.0. The van der Waals surface area contributed by atoms with Crippen molar-refractivity contribution in [1.82, 2.24) is 5.32 Å². The minimum absolute atomic E-state index is 0.238. The third-order valence-electron chi connectivity index (χ3n) is 1.30. The van der Waals surface area contributed by atoms with Gasteiger partial charge in [0.1, 0.15) is 0 Å². The number of carbonyl (C=O) groups excluding carboxylic acids is 2. The standard InChI is InChI=1S/C10H19NO4/c1-7(2)5-14-9(12)11-10(13)15-6-8(3)4/h7-8H,5-6H2,1-4H3,(H,11,12,13). The first kappa shape index (κ1) is 13.7. The smallest absolute Gasteiger partial charge is 0.416 e. The zero-order valence-corrected chi connectivity index (χ0v) is 9.70. The fourth-order valence-corrected chi connectivity index (χ4v) is 0.640. The summed E-state index contributed by atoms with van der Waals surface area (Å²) in [4.78, 5) is 21.9. The molecule has 5 heteroatoms. The van der Waals surface area contributed by atoms with Crippen LogP contribution in [0.25, 0.3) is 0 Å². The van der Waals surface area contributed by atoms with Crippen LogP contribution in [0.3, 0.4) is 0 Å². The Morgan fingerprint density at radius 2 is 1.27 bits per heavy atom. The van der Waals surface area contributed by atoms with Gasteiger partial charge in [0, 0.05) is 0 Å². The van der Waals surface area contributed by atoms with Gasteiger partial charge in [0.15, 0.2) is 0 Å². The molecule has 0 rings (SSSR count). The van der Waals surface area contributed by atoms with Crippen LogP contribution in [0, 0.1) is 11.8 Å². The molecule has 0 bridgehead atoms. The Kier molecular flexibility index (Phi) is 6.49. The van der Waals surface area contributed by atoms with Crippen LogP contribution in [-0.4, -0.2) is 25.4 Å². The van der Waals surface area contributed by atoms with E-state index < -0.39 is 12.2 Å². The SMILES string of the molecule is CC(C)COC(=O)NC(=O)OCC(C)C. The van der Waals surface area contributed by atoms with E-state index in [1.165, 1.54) is 0 Å². The first-order valence-electron chi connectivity index (χ1n) is 5.02. The number of amides is 2. The molecule has 0 aliphatic carbocycles. The molecule has 0 aliphatic heterocycles. The highest BCUT2D eigenvalue weighted by Crippen LogP contribution is 1.94. The summed E-state index contributed by atoms with van der Waals surface area (Å²) in [5, 5.41) is 1.97. The van der Waals surface area contributed by atoms with E-state index in [1.54, 1.807) is 0 Å². The lowest BCUT2D eigenvalue weighted by Crippen LogP contribution is -2.33. The van der Waals surface area contributed by atoms with Gasteiger partial charge in [-0.2, -0.15) is 0 Å². The van der Waals surface area contributed by atoms with E-state index in [4.69, 9.17) is 9.47 Å². The molecule has 0 heterocycles. The Labute approximate surface area is 90.1 Å². The van der Waals surface area contributed by atoms with Crippen molar-refractivity contribution < 1.29 is 19.1 Å². The van der Waals surface area contributed by atoms with Gasteiger partial charge < -0.3 is 9.47 Å². The predicted octanol–water partition coefficient (Wildman–Crippen LogP) is 2.16. The predicted molar refractivity (Wildman–Crippen MR) is 55.5 cm³/mol. The molecule has 0 aromatic carbocycles. The first-order chi connectivity index (χ1) is 6.91. The largest absolute Gasteiger partial charge is 0.449 e. The minimum atomic E-state index is -0.766. The van der Waals surface area contributed by atoms with E-state index >= 15 is 0 Å². The van der Waals surface area contributed by atoms with Crippen LogP contribution < -0.4 is 5.32 Å². The van der Waals surface area contributed by atoms with Crippen molar-refractivity contribution in [3.05, 3.63) is 0 Å². The van der Waals surface area contributed by atoms with Crippen molar-refractivity contribution in [2.24, 2.45) is 11.8 Å². The van der Waals surface area contributed by atoms with Crippen LogP contribution in [-0.2, 0) is 9.47 Å². The summed E-state index contributed by atoms with van der Waals surface area (Å²) in [5.74, 6) is 0.477. The van der Waals surface area contributed by atoms with Crippen molar-refractivity contribution in [1.29, 1.82) is 0 Å². The molecule has 2 amide bonds. The lowest BCUT2D eigenvalue weighted by molar-refractivity contribution is 0.111. The first-order valence-corrected chi connectivity index (χ1v) is 5.02. The number of nitrogens with one attached hydrogen (secondary N) is 1. The molecule has 0 spiro atoms. The molecular weight excluding hydrogens is 198 g/mol. The fourth-order valence-electron chi connectivity index (χ4n) is 0.640. The Hall–Kier alpha value is -1.26. The van der Waals surface area contributed by atoms with E-state index in [1.807, 2.05) is 33.0 Å². The fraction of sp³-hybridized carbons (Fsp3) is 0.800. The monoisotopic (exact) mass is 217 g/mol. The van der Waals surface area contributed by atoms with Crippen molar-refractivity contribution in [2.75, 3.05) is 13.2 Å². The topological polar surface area (TPSA) is 64.6 Å². The molecule has 0 saturated heterocycles. The third kappa shape index (κ3) is 9.05. The summed E-state index contributed by atoms with van der Waals surface area (Å²) in [6.45, 7) is 8.19. The van der Waals surface area contributed by atoms with E-state index in [2.05, 4.69) is 0 Å². The summed E-state index contributed by atoms with van der Waals surface area (Å²) in [7, 11) is 0. The molecule has 5 nitrogen and oxygen atoms in total. The van der Waals surface area contributed by atoms with E-state index in [-0.39, 0.29) is 25.0 Å². The van der Waals surface area contributed by atoms with Gasteiger partial charge >= 0.3 is 12.2 Å². The number of carbonyl (C=O) groups is 2. The van der Waals surface area contributed by atoms with Crippen LogP contribution in [0.2, 0.25) is 0 Å². The molecule has 0 aromatic rings. The number of rotatable bonds is 4. The van der Waals surface area contributed by atoms with E-state index in [9.17, 15) is 9.59 Å². The Morgan fingerprint density at radius 1 is 0.933 bits per heavy atom. The molecular formula is C10H19NO4. The van der Waals surface area contributed by atoms with E-state index in [0.717, 1.165) is 0 Å². The number of alkyl carbamates (subject to hydrolysis) is 2. The normalized spacial score (nSPS) is 10.3. The van der Waals surface area contributed by atoms with Crippen LogP contribution in [0.5, 0.6) is 0 Å². The molecule has 1 N–H and O–H groups in total. The quantitative estimate of drug-likeness (QED) is 0.783. The molecule has 0 atom stereocenters. The number of ether oxygens (including phenoxy) is 2. The van der Waals surface area contributed by atoms with Gasteiger partial charge in [0.2, 0.25) is 0 Å². The van der Waals surface area contributed by atoms with E-state index in [0.29, 0.717) is 0 Å². The maximum Gasteiger partial charge on any atom is 0.416 e. The van der Waals surface area contributed by atoms with Crippen LogP contribution in [0.15, 0.2) is 0 Å². The average molecular weight is 217 g/mol. The lowest BCUT2D eigenvalue weighted by Gasteiger charge is -2.09. The van der Waals surface area contributed by atoms with Crippen LogP contribution in [0.1, 0.15) is 27.7 Å². The van der Waals surface area contributed by atoms with Crippen molar-refractivity contribution in [2.45, 2.75) is 27.7 Å². The summed E-state index contributed by atoms with van der Waals surface area (Å²) in [6.07, 6.45) is -1.53. The van der Waals surface area contributed by atoms with Crippen molar-refractivity contribution >= 4 is 12.2 Å². The second kappa shape index (κ2) is 7.09. The number of imide groups is 1. The molecule has 88 valence electrons. The highest BCUT2D eigenvalue weighted by molar-refractivity contribution is 5.87. The van der Waals surface area contributed by atoms with Crippen molar-refractivity contribution in [3.63, 3.8) is 0 Å². The molecule has 0 fully saturated rings. The number of hydrogen-bond acceptors (Lipinski definition) is 4. The van der Waals surface area contributed by atoms with Crippen molar-refractivity contribution in [3.8, 4) is 0 Å². The van der Waals surface area contributed by atoms with Crippen LogP contribution >= 0.6 is 0 Å². The van der Waals surface area contributed by atoms with Crippen LogP contribution in [0.4, 0.5) is 9.59 Å². The minimum Gasteiger partial charge on any atom is -0.449 e. The molecule has 0 unspecified atom stereocenters. The molecule has 0 aliphatic rings. The van der Waals surface area contributed by atoms with Gasteiger partial charge in [-0.1, -0.05) is 27.7 Å². The second-order valence-electron chi connectivity index (χ2n) is 4.11. The highest BCUT2D eigenvalue weighted by atomic mass is 16.6. The summed E-state index contributed by atoms with van der Waals surface area (Å²) < 4.78 is 9.46. The zero-order chi connectivity index (χ0) is 11.8. The van der Waals surface area contributed by atoms with Gasteiger partial charge in [0.25, 0.3) is 0 Å². The van der Waals surface area contributed by atoms with Gasteiger partial charge in [0.05, 0.1) is 13.2 Å². The number of hydrogen-bond donors (Lipinski definition) is 1. The Bertz CT molecular complexity index is 191. The Morgan fingerprint density at radius 3 is 1.53 bits per heavy atom. The lowest BCUT2D eigenvalue weighted by atomic mass is 10.2. The molecule has 0 saturated carbocycles. The second-order valence-corrected chi connectivity index (χ2v) is 4.11. The summed E-state index contributed by atoms with van der Waals surface area (Å²) >= 11 is 0.